The van der Waals surface area contributed by atoms with Crippen molar-refractivity contribution < 1.29 is 18.1 Å². The molecule has 0 atom stereocenters. The van der Waals surface area contributed by atoms with Crippen LogP contribution in [0.25, 0.3) is 10.9 Å². The molecule has 2 aromatic rings. The van der Waals surface area contributed by atoms with Gasteiger partial charge in [-0.05, 0) is 19.1 Å². The third kappa shape index (κ3) is 1.99. The van der Waals surface area contributed by atoms with Crippen LogP contribution in [0.4, 0.5) is 18.9 Å². The van der Waals surface area contributed by atoms with Gasteiger partial charge in [0.15, 0.2) is 0 Å². The Kier molecular flexibility index (Phi) is 2.68. The third-order valence-corrected chi connectivity index (χ3v) is 2.60. The van der Waals surface area contributed by atoms with Crippen LogP contribution in [-0.4, -0.2) is 9.91 Å². The Morgan fingerprint density at radius 3 is 2.44 bits per heavy atom. The standard InChI is InChI=1S/C11H7F3N2O2/c1-6-7-2-5-10(11(12,13)14)15-8(7)3-4-9(6)16(17)18/h2-5H,1H3. The first-order valence-corrected chi connectivity index (χ1v) is 4.92. The molecule has 7 heteroatoms. The molecule has 0 N–H and O–H groups in total. The van der Waals surface area contributed by atoms with Gasteiger partial charge >= 0.3 is 6.18 Å². The average Bonchev–Trinajstić information content (AvgIpc) is 2.27. The zero-order valence-electron chi connectivity index (χ0n) is 9.15. The summed E-state index contributed by atoms with van der Waals surface area (Å²) in [5, 5.41) is 11.0. The van der Waals surface area contributed by atoms with E-state index in [0.717, 1.165) is 12.1 Å². The van der Waals surface area contributed by atoms with Gasteiger partial charge in [-0.2, -0.15) is 13.2 Å². The van der Waals surface area contributed by atoms with Crippen LogP contribution in [0.3, 0.4) is 0 Å². The topological polar surface area (TPSA) is 56.0 Å². The van der Waals surface area contributed by atoms with Crippen molar-refractivity contribution in [3.05, 3.63) is 45.6 Å². The molecule has 0 saturated carbocycles. The summed E-state index contributed by atoms with van der Waals surface area (Å²) in [5.41, 5.74) is -0.751. The van der Waals surface area contributed by atoms with Crippen molar-refractivity contribution >= 4 is 16.6 Å². The van der Waals surface area contributed by atoms with Crippen molar-refractivity contribution in [2.75, 3.05) is 0 Å². The summed E-state index contributed by atoms with van der Waals surface area (Å²) in [7, 11) is 0. The quantitative estimate of drug-likeness (QED) is 0.579. The first-order chi connectivity index (χ1) is 8.30. The molecule has 2 rings (SSSR count). The highest BCUT2D eigenvalue weighted by Gasteiger charge is 2.32. The summed E-state index contributed by atoms with van der Waals surface area (Å²) in [4.78, 5) is 13.6. The molecule has 0 spiro atoms. The number of aromatic nitrogens is 1. The molecule has 0 unspecified atom stereocenters. The molecular weight excluding hydrogens is 249 g/mol. The number of hydrogen-bond acceptors (Lipinski definition) is 3. The van der Waals surface area contributed by atoms with Crippen LogP contribution in [0, 0.1) is 17.0 Å². The predicted molar refractivity (Wildman–Crippen MR) is 58.1 cm³/mol. The van der Waals surface area contributed by atoms with Gasteiger partial charge < -0.3 is 0 Å². The molecule has 0 amide bonds. The Morgan fingerprint density at radius 1 is 1.22 bits per heavy atom. The number of alkyl halides is 3. The molecule has 0 radical (unpaired) electrons. The summed E-state index contributed by atoms with van der Waals surface area (Å²) in [6.07, 6.45) is -4.52. The normalized spacial score (nSPS) is 11.8. The van der Waals surface area contributed by atoms with E-state index >= 15 is 0 Å². The minimum atomic E-state index is -4.52. The van der Waals surface area contributed by atoms with E-state index in [4.69, 9.17) is 0 Å². The smallest absolute Gasteiger partial charge is 0.258 e. The molecule has 0 aliphatic carbocycles. The zero-order chi connectivity index (χ0) is 13.5. The number of fused-ring (bicyclic) bond motifs is 1. The van der Waals surface area contributed by atoms with E-state index in [2.05, 4.69) is 4.98 Å². The van der Waals surface area contributed by atoms with Crippen molar-refractivity contribution in [2.45, 2.75) is 13.1 Å². The number of hydrogen-bond donors (Lipinski definition) is 0. The Hall–Kier alpha value is -2.18. The second-order valence-corrected chi connectivity index (χ2v) is 3.73. The van der Waals surface area contributed by atoms with Crippen LogP contribution in [-0.2, 0) is 6.18 Å². The van der Waals surface area contributed by atoms with Crippen molar-refractivity contribution in [3.63, 3.8) is 0 Å². The molecule has 18 heavy (non-hydrogen) atoms. The van der Waals surface area contributed by atoms with Crippen LogP contribution < -0.4 is 0 Å². The summed E-state index contributed by atoms with van der Waals surface area (Å²) < 4.78 is 37.4. The van der Waals surface area contributed by atoms with Gasteiger partial charge in [0, 0.05) is 17.0 Å². The summed E-state index contributed by atoms with van der Waals surface area (Å²) in [6, 6.07) is 4.40. The lowest BCUT2D eigenvalue weighted by molar-refractivity contribution is -0.385. The fourth-order valence-electron chi connectivity index (χ4n) is 1.70. The van der Waals surface area contributed by atoms with Gasteiger partial charge in [0.1, 0.15) is 5.69 Å². The number of aryl methyl sites for hydroxylation is 1. The van der Waals surface area contributed by atoms with Gasteiger partial charge in [-0.1, -0.05) is 6.07 Å². The maximum Gasteiger partial charge on any atom is 0.433 e. The number of rotatable bonds is 1. The maximum absolute atomic E-state index is 12.5. The first-order valence-electron chi connectivity index (χ1n) is 4.92. The summed E-state index contributed by atoms with van der Waals surface area (Å²) in [5.74, 6) is 0. The molecule has 4 nitrogen and oxygen atoms in total. The van der Waals surface area contributed by atoms with Crippen molar-refractivity contribution in [1.82, 2.24) is 4.98 Å². The monoisotopic (exact) mass is 256 g/mol. The van der Waals surface area contributed by atoms with Crippen molar-refractivity contribution in [2.24, 2.45) is 0 Å². The van der Waals surface area contributed by atoms with E-state index in [1.54, 1.807) is 0 Å². The zero-order valence-corrected chi connectivity index (χ0v) is 9.15. The predicted octanol–water partition coefficient (Wildman–Crippen LogP) is 3.47. The van der Waals surface area contributed by atoms with E-state index in [-0.39, 0.29) is 11.2 Å². The van der Waals surface area contributed by atoms with Gasteiger partial charge in [-0.3, -0.25) is 10.1 Å². The van der Waals surface area contributed by atoms with E-state index < -0.39 is 16.8 Å². The Bertz CT molecular complexity index is 638. The highest BCUT2D eigenvalue weighted by molar-refractivity contribution is 5.85. The summed E-state index contributed by atoms with van der Waals surface area (Å²) >= 11 is 0. The average molecular weight is 256 g/mol. The minimum Gasteiger partial charge on any atom is -0.258 e. The Balaban J connectivity index is 2.69. The van der Waals surface area contributed by atoms with E-state index in [1.807, 2.05) is 0 Å². The second-order valence-electron chi connectivity index (χ2n) is 3.73. The Morgan fingerprint density at radius 2 is 1.89 bits per heavy atom. The fourth-order valence-corrected chi connectivity index (χ4v) is 1.70. The number of nitrogens with zero attached hydrogens (tertiary/aromatic N) is 2. The molecule has 0 bridgehead atoms. The molecule has 0 aliphatic rings. The summed E-state index contributed by atoms with van der Waals surface area (Å²) in [6.45, 7) is 1.48. The Labute approximate surface area is 99.2 Å². The second kappa shape index (κ2) is 3.94. The van der Waals surface area contributed by atoms with E-state index in [0.29, 0.717) is 10.9 Å². The lowest BCUT2D eigenvalue weighted by Crippen LogP contribution is -2.07. The lowest BCUT2D eigenvalue weighted by Gasteiger charge is -2.08. The lowest BCUT2D eigenvalue weighted by atomic mass is 10.1. The number of nitro benzene ring substituents is 1. The molecule has 1 heterocycles. The number of pyridine rings is 1. The van der Waals surface area contributed by atoms with Gasteiger partial charge in [0.05, 0.1) is 10.4 Å². The molecule has 1 aromatic heterocycles. The van der Waals surface area contributed by atoms with Gasteiger partial charge in [-0.15, -0.1) is 0 Å². The van der Waals surface area contributed by atoms with Crippen molar-refractivity contribution in [1.29, 1.82) is 0 Å². The van der Waals surface area contributed by atoms with Gasteiger partial charge in [0.2, 0.25) is 0 Å². The molecular formula is C11H7F3N2O2. The largest absolute Gasteiger partial charge is 0.433 e. The van der Waals surface area contributed by atoms with Crippen LogP contribution in [0.5, 0.6) is 0 Å². The van der Waals surface area contributed by atoms with Crippen LogP contribution >= 0.6 is 0 Å². The third-order valence-electron chi connectivity index (χ3n) is 2.60. The van der Waals surface area contributed by atoms with Gasteiger partial charge in [-0.25, -0.2) is 4.98 Å². The fraction of sp³-hybridized carbons (Fsp3) is 0.182. The van der Waals surface area contributed by atoms with Crippen LogP contribution in [0.15, 0.2) is 24.3 Å². The number of benzene rings is 1. The molecule has 1 aromatic carbocycles. The SMILES string of the molecule is Cc1c([N+](=O)[O-])ccc2nc(C(F)(F)F)ccc12. The highest BCUT2D eigenvalue weighted by Crippen LogP contribution is 2.31. The highest BCUT2D eigenvalue weighted by atomic mass is 19.4. The first kappa shape index (κ1) is 12.3. The van der Waals surface area contributed by atoms with Crippen LogP contribution in [0.1, 0.15) is 11.3 Å². The molecule has 0 fully saturated rings. The maximum atomic E-state index is 12.5. The van der Waals surface area contributed by atoms with E-state index in [1.165, 1.54) is 19.1 Å². The molecule has 94 valence electrons. The number of halogens is 3. The van der Waals surface area contributed by atoms with Crippen LogP contribution in [0.2, 0.25) is 0 Å². The van der Waals surface area contributed by atoms with Gasteiger partial charge in [0.25, 0.3) is 5.69 Å². The molecule has 0 aliphatic heterocycles. The number of nitro groups is 1. The van der Waals surface area contributed by atoms with Crippen molar-refractivity contribution in [3.8, 4) is 0 Å². The molecule has 0 saturated heterocycles. The van der Waals surface area contributed by atoms with E-state index in [9.17, 15) is 23.3 Å². The minimum absolute atomic E-state index is 0.0907.